The second-order valence-corrected chi connectivity index (χ2v) is 3.65. The topological polar surface area (TPSA) is 77.1 Å². The van der Waals surface area contributed by atoms with Gasteiger partial charge in [0.2, 0.25) is 0 Å². The van der Waals surface area contributed by atoms with Crippen molar-refractivity contribution in [3.8, 4) is 11.5 Å². The van der Waals surface area contributed by atoms with Crippen molar-refractivity contribution >= 4 is 0 Å². The van der Waals surface area contributed by atoms with Gasteiger partial charge in [0, 0.05) is 6.42 Å². The van der Waals surface area contributed by atoms with E-state index < -0.39 is 0 Å². The van der Waals surface area contributed by atoms with E-state index in [9.17, 15) is 4.79 Å². The van der Waals surface area contributed by atoms with Crippen molar-refractivity contribution in [3.05, 3.63) is 46.1 Å². The van der Waals surface area contributed by atoms with Crippen LogP contribution in [-0.4, -0.2) is 29.4 Å². The van der Waals surface area contributed by atoms with E-state index in [-0.39, 0.29) is 5.56 Å². The second kappa shape index (κ2) is 5.31. The summed E-state index contributed by atoms with van der Waals surface area (Å²) >= 11 is 0. The van der Waals surface area contributed by atoms with Crippen LogP contribution in [0.15, 0.2) is 29.2 Å². The lowest BCUT2D eigenvalue weighted by atomic mass is 10.1. The van der Waals surface area contributed by atoms with Crippen LogP contribution in [0.3, 0.4) is 0 Å². The molecule has 0 radical (unpaired) electrons. The molecule has 0 bridgehead atoms. The Morgan fingerprint density at radius 3 is 2.67 bits per heavy atom. The first-order chi connectivity index (χ1) is 8.72. The van der Waals surface area contributed by atoms with Crippen LogP contribution >= 0.6 is 0 Å². The monoisotopic (exact) mass is 247 g/mol. The molecule has 0 aliphatic heterocycles. The molecule has 6 heteroatoms. The largest absolute Gasteiger partial charge is 0.493 e. The number of methoxy groups -OCH3 is 2. The normalized spacial score (nSPS) is 10.1. The number of aromatic nitrogens is 3. The minimum absolute atomic E-state index is 0.263. The molecule has 2 aromatic rings. The Morgan fingerprint density at radius 2 is 2.00 bits per heavy atom. The number of hydrogen-bond donors (Lipinski definition) is 1. The Morgan fingerprint density at radius 1 is 1.22 bits per heavy atom. The first-order valence-corrected chi connectivity index (χ1v) is 5.34. The van der Waals surface area contributed by atoms with E-state index in [4.69, 9.17) is 9.47 Å². The molecule has 1 aromatic heterocycles. The van der Waals surface area contributed by atoms with Gasteiger partial charge in [0.25, 0.3) is 5.56 Å². The van der Waals surface area contributed by atoms with Crippen LogP contribution in [0.1, 0.15) is 11.4 Å². The summed E-state index contributed by atoms with van der Waals surface area (Å²) in [6, 6.07) is 5.53. The summed E-state index contributed by atoms with van der Waals surface area (Å²) in [7, 11) is 3.16. The van der Waals surface area contributed by atoms with Crippen molar-refractivity contribution in [2.75, 3.05) is 14.2 Å². The molecule has 0 fully saturated rings. The molecule has 1 aromatic carbocycles. The molecule has 1 N–H and O–H groups in total. The van der Waals surface area contributed by atoms with Gasteiger partial charge in [0.15, 0.2) is 11.5 Å². The number of H-pyrrole nitrogens is 1. The van der Waals surface area contributed by atoms with Crippen molar-refractivity contribution in [1.82, 2.24) is 15.2 Å². The highest BCUT2D eigenvalue weighted by Crippen LogP contribution is 2.27. The predicted molar refractivity (Wildman–Crippen MR) is 65.0 cm³/mol. The summed E-state index contributed by atoms with van der Waals surface area (Å²) in [5, 5.41) is 7.46. The summed E-state index contributed by atoms with van der Waals surface area (Å²) < 4.78 is 10.4. The molecular weight excluding hydrogens is 234 g/mol. The molecule has 0 aliphatic carbocycles. The lowest BCUT2D eigenvalue weighted by molar-refractivity contribution is 0.354. The number of ether oxygens (including phenoxy) is 2. The maximum atomic E-state index is 11.1. The Balaban J connectivity index is 2.27. The minimum Gasteiger partial charge on any atom is -0.493 e. The number of rotatable bonds is 4. The maximum Gasteiger partial charge on any atom is 0.269 e. The zero-order valence-electron chi connectivity index (χ0n) is 10.1. The van der Waals surface area contributed by atoms with Gasteiger partial charge in [-0.3, -0.25) is 4.79 Å². The Labute approximate surface area is 104 Å². The SMILES string of the molecule is COc1ccc(Cc2nncc(=O)[nH]2)cc1OC. The average molecular weight is 247 g/mol. The molecule has 94 valence electrons. The molecule has 2 rings (SSSR count). The predicted octanol–water partition coefficient (Wildman–Crippen LogP) is 0.773. The van der Waals surface area contributed by atoms with Gasteiger partial charge in [-0.1, -0.05) is 6.07 Å². The van der Waals surface area contributed by atoms with Crippen molar-refractivity contribution in [3.63, 3.8) is 0 Å². The van der Waals surface area contributed by atoms with Crippen LogP contribution in [0.4, 0.5) is 0 Å². The summed E-state index contributed by atoms with van der Waals surface area (Å²) in [5.74, 6) is 1.81. The molecule has 0 aliphatic rings. The van der Waals surface area contributed by atoms with Crippen LogP contribution in [0.2, 0.25) is 0 Å². The van der Waals surface area contributed by atoms with Gasteiger partial charge in [-0.25, -0.2) is 0 Å². The van der Waals surface area contributed by atoms with Gasteiger partial charge in [0.05, 0.1) is 14.2 Å². The lowest BCUT2D eigenvalue weighted by Crippen LogP contribution is -2.11. The first kappa shape index (κ1) is 12.1. The van der Waals surface area contributed by atoms with E-state index in [1.165, 1.54) is 0 Å². The van der Waals surface area contributed by atoms with Crippen molar-refractivity contribution in [2.45, 2.75) is 6.42 Å². The molecule has 1 heterocycles. The van der Waals surface area contributed by atoms with E-state index in [0.29, 0.717) is 23.7 Å². The van der Waals surface area contributed by atoms with E-state index in [1.54, 1.807) is 14.2 Å². The van der Waals surface area contributed by atoms with Gasteiger partial charge in [0.1, 0.15) is 12.0 Å². The van der Waals surface area contributed by atoms with Crippen LogP contribution in [0.5, 0.6) is 11.5 Å². The van der Waals surface area contributed by atoms with E-state index in [0.717, 1.165) is 11.8 Å². The fourth-order valence-corrected chi connectivity index (χ4v) is 1.61. The standard InChI is InChI=1S/C12H13N3O3/c1-17-9-4-3-8(5-10(9)18-2)6-11-14-12(16)7-13-15-11/h3-5,7H,6H2,1-2H3,(H,14,15,16). The lowest BCUT2D eigenvalue weighted by Gasteiger charge is -2.09. The van der Waals surface area contributed by atoms with Gasteiger partial charge >= 0.3 is 0 Å². The Kier molecular flexibility index (Phi) is 3.57. The van der Waals surface area contributed by atoms with Gasteiger partial charge < -0.3 is 14.5 Å². The fraction of sp³-hybridized carbons (Fsp3) is 0.250. The van der Waals surface area contributed by atoms with Crippen LogP contribution in [0.25, 0.3) is 0 Å². The van der Waals surface area contributed by atoms with E-state index in [2.05, 4.69) is 15.2 Å². The molecule has 0 spiro atoms. The Hall–Kier alpha value is -2.37. The first-order valence-electron chi connectivity index (χ1n) is 5.34. The molecule has 0 saturated heterocycles. The second-order valence-electron chi connectivity index (χ2n) is 3.65. The van der Waals surface area contributed by atoms with Gasteiger partial charge in [-0.2, -0.15) is 5.10 Å². The summed E-state index contributed by atoms with van der Waals surface area (Å²) in [4.78, 5) is 13.7. The summed E-state index contributed by atoms with van der Waals surface area (Å²) in [6.45, 7) is 0. The molecule has 18 heavy (non-hydrogen) atoms. The third kappa shape index (κ3) is 2.65. The van der Waals surface area contributed by atoms with Crippen LogP contribution in [-0.2, 0) is 6.42 Å². The fourth-order valence-electron chi connectivity index (χ4n) is 1.61. The summed E-state index contributed by atoms with van der Waals surface area (Å²) in [6.07, 6.45) is 1.61. The van der Waals surface area contributed by atoms with Crippen molar-refractivity contribution < 1.29 is 9.47 Å². The number of aromatic amines is 1. The third-order valence-electron chi connectivity index (χ3n) is 2.44. The van der Waals surface area contributed by atoms with E-state index >= 15 is 0 Å². The highest BCUT2D eigenvalue weighted by atomic mass is 16.5. The quantitative estimate of drug-likeness (QED) is 0.863. The van der Waals surface area contributed by atoms with Crippen LogP contribution in [0, 0.1) is 0 Å². The average Bonchev–Trinajstić information content (AvgIpc) is 2.38. The molecule has 0 amide bonds. The molecule has 0 saturated carbocycles. The highest BCUT2D eigenvalue weighted by Gasteiger charge is 2.06. The zero-order valence-corrected chi connectivity index (χ0v) is 10.1. The molecule has 0 atom stereocenters. The van der Waals surface area contributed by atoms with E-state index in [1.807, 2.05) is 18.2 Å². The number of nitrogens with one attached hydrogen (secondary N) is 1. The van der Waals surface area contributed by atoms with Gasteiger partial charge in [-0.05, 0) is 17.7 Å². The minimum atomic E-state index is -0.263. The molecule has 0 unspecified atom stereocenters. The van der Waals surface area contributed by atoms with Crippen molar-refractivity contribution in [2.24, 2.45) is 0 Å². The molecular formula is C12H13N3O3. The van der Waals surface area contributed by atoms with Gasteiger partial charge in [-0.15, -0.1) is 5.10 Å². The maximum absolute atomic E-state index is 11.1. The zero-order chi connectivity index (χ0) is 13.0. The number of nitrogens with zero attached hydrogens (tertiary/aromatic N) is 2. The summed E-state index contributed by atoms with van der Waals surface area (Å²) in [5.41, 5.74) is 0.685. The highest BCUT2D eigenvalue weighted by molar-refractivity contribution is 5.43. The number of benzene rings is 1. The molecule has 6 nitrogen and oxygen atoms in total. The van der Waals surface area contributed by atoms with Crippen LogP contribution < -0.4 is 15.0 Å². The Bertz CT molecular complexity index is 595. The smallest absolute Gasteiger partial charge is 0.269 e. The van der Waals surface area contributed by atoms with Crippen molar-refractivity contribution in [1.29, 1.82) is 0 Å². The third-order valence-corrected chi connectivity index (χ3v) is 2.44. The number of hydrogen-bond acceptors (Lipinski definition) is 5.